The van der Waals surface area contributed by atoms with Crippen LogP contribution in [0.15, 0.2) is 59.6 Å². The molecule has 0 aliphatic rings. The van der Waals surface area contributed by atoms with Crippen LogP contribution in [-0.4, -0.2) is 43.4 Å². The number of amides is 1. The molecule has 2 N–H and O–H groups in total. The first-order valence-electron chi connectivity index (χ1n) is 8.68. The van der Waals surface area contributed by atoms with Crippen LogP contribution < -0.4 is 10.6 Å². The number of carbonyl (C=O) groups excluding carboxylic acids is 1. The smallest absolute Gasteiger partial charge is 0.252 e. The Morgan fingerprint density at radius 1 is 1.07 bits per heavy atom. The first-order valence-corrected chi connectivity index (χ1v) is 9.05. The lowest BCUT2D eigenvalue weighted by Gasteiger charge is -2.22. The van der Waals surface area contributed by atoms with Gasteiger partial charge < -0.3 is 15.5 Å². The van der Waals surface area contributed by atoms with Crippen LogP contribution in [0.3, 0.4) is 0 Å². The molecule has 0 spiro atoms. The van der Waals surface area contributed by atoms with Gasteiger partial charge in [0, 0.05) is 26.7 Å². The van der Waals surface area contributed by atoms with E-state index in [1.807, 2.05) is 32.2 Å². The van der Waals surface area contributed by atoms with E-state index < -0.39 is 0 Å². The van der Waals surface area contributed by atoms with Gasteiger partial charge in [-0.05, 0) is 24.6 Å². The number of guanidine groups is 1. The Morgan fingerprint density at radius 3 is 2.41 bits per heavy atom. The van der Waals surface area contributed by atoms with Gasteiger partial charge in [0.1, 0.15) is 0 Å². The Balaban J connectivity index is 0.00000364. The molecule has 2 aromatic carbocycles. The second-order valence-corrected chi connectivity index (χ2v) is 6.22. The summed E-state index contributed by atoms with van der Waals surface area (Å²) in [7, 11) is 2.00. The van der Waals surface area contributed by atoms with Gasteiger partial charge in [-0.3, -0.25) is 9.79 Å². The molecule has 5 nitrogen and oxygen atoms in total. The number of benzene rings is 2. The normalized spacial score (nSPS) is 10.7. The molecule has 7 heteroatoms. The number of hydrogen-bond donors (Lipinski definition) is 2. The van der Waals surface area contributed by atoms with Crippen molar-refractivity contribution in [1.82, 2.24) is 15.5 Å². The van der Waals surface area contributed by atoms with Gasteiger partial charge in [0.2, 0.25) is 0 Å². The summed E-state index contributed by atoms with van der Waals surface area (Å²) >= 11 is 6.04. The minimum Gasteiger partial charge on any atom is -0.357 e. The van der Waals surface area contributed by atoms with Crippen LogP contribution in [0.4, 0.5) is 0 Å². The maximum atomic E-state index is 12.1. The lowest BCUT2D eigenvalue weighted by atomic mass is 10.2. The highest BCUT2D eigenvalue weighted by molar-refractivity contribution is 14.0. The third kappa shape index (κ3) is 7.76. The Hall–Kier alpha value is -1.80. The summed E-state index contributed by atoms with van der Waals surface area (Å²) in [6, 6.07) is 17.2. The minimum absolute atomic E-state index is 0. The van der Waals surface area contributed by atoms with Gasteiger partial charge in [-0.25, -0.2) is 0 Å². The van der Waals surface area contributed by atoms with Gasteiger partial charge >= 0.3 is 0 Å². The van der Waals surface area contributed by atoms with Crippen molar-refractivity contribution in [2.24, 2.45) is 4.99 Å². The van der Waals surface area contributed by atoms with Gasteiger partial charge in [-0.2, -0.15) is 0 Å². The molecule has 0 aliphatic heterocycles. The lowest BCUT2D eigenvalue weighted by Crippen LogP contribution is -2.39. The van der Waals surface area contributed by atoms with E-state index in [1.54, 1.807) is 24.3 Å². The van der Waals surface area contributed by atoms with Gasteiger partial charge in [0.05, 0.1) is 17.1 Å². The van der Waals surface area contributed by atoms with E-state index in [0.29, 0.717) is 23.7 Å². The van der Waals surface area contributed by atoms with Crippen LogP contribution in [0, 0.1) is 0 Å². The summed E-state index contributed by atoms with van der Waals surface area (Å²) in [5.41, 5.74) is 1.69. The molecule has 0 radical (unpaired) electrons. The zero-order valence-electron chi connectivity index (χ0n) is 15.6. The molecule has 0 atom stereocenters. The van der Waals surface area contributed by atoms with Crippen molar-refractivity contribution in [3.63, 3.8) is 0 Å². The number of rotatable bonds is 7. The van der Waals surface area contributed by atoms with Crippen molar-refractivity contribution < 1.29 is 4.79 Å². The van der Waals surface area contributed by atoms with E-state index >= 15 is 0 Å². The molecule has 0 saturated carbocycles. The van der Waals surface area contributed by atoms with E-state index in [9.17, 15) is 4.79 Å². The zero-order chi connectivity index (χ0) is 18.8. The number of hydrogen-bond acceptors (Lipinski definition) is 2. The lowest BCUT2D eigenvalue weighted by molar-refractivity contribution is 0.0955. The van der Waals surface area contributed by atoms with Crippen molar-refractivity contribution >= 4 is 47.4 Å². The second kappa shape index (κ2) is 12.6. The number of aliphatic imine (C=N–C) groups is 1. The van der Waals surface area contributed by atoms with Crippen LogP contribution in [0.1, 0.15) is 22.8 Å². The minimum atomic E-state index is -0.187. The monoisotopic (exact) mass is 500 g/mol. The molecular formula is C20H26ClIN4O. The average Bonchev–Trinajstić information content (AvgIpc) is 2.65. The molecule has 0 unspecified atom stereocenters. The highest BCUT2D eigenvalue weighted by Gasteiger charge is 2.09. The van der Waals surface area contributed by atoms with Crippen molar-refractivity contribution in [2.75, 3.05) is 26.7 Å². The molecule has 0 aromatic heterocycles. The SMILES string of the molecule is CCNC(=NCCNC(=O)c1ccccc1Cl)N(C)Cc1ccccc1.I. The van der Waals surface area contributed by atoms with Gasteiger partial charge in [-0.1, -0.05) is 54.1 Å². The fourth-order valence-corrected chi connectivity index (χ4v) is 2.70. The fraction of sp³-hybridized carbons (Fsp3) is 0.300. The summed E-state index contributed by atoms with van der Waals surface area (Å²) < 4.78 is 0. The second-order valence-electron chi connectivity index (χ2n) is 5.81. The van der Waals surface area contributed by atoms with Crippen LogP contribution in [-0.2, 0) is 6.54 Å². The van der Waals surface area contributed by atoms with Crippen LogP contribution in [0.25, 0.3) is 0 Å². The molecule has 0 bridgehead atoms. The number of nitrogens with zero attached hydrogens (tertiary/aromatic N) is 2. The summed E-state index contributed by atoms with van der Waals surface area (Å²) in [6.07, 6.45) is 0. The Kier molecular flexibility index (Phi) is 10.8. The quantitative estimate of drug-likeness (QED) is 0.263. The maximum Gasteiger partial charge on any atom is 0.252 e. The third-order valence-corrected chi connectivity index (χ3v) is 4.07. The summed E-state index contributed by atoms with van der Waals surface area (Å²) in [4.78, 5) is 18.8. The molecule has 27 heavy (non-hydrogen) atoms. The average molecular weight is 501 g/mol. The van der Waals surface area contributed by atoms with Crippen molar-refractivity contribution in [3.8, 4) is 0 Å². The summed E-state index contributed by atoms with van der Waals surface area (Å²) in [5.74, 6) is 0.622. The fourth-order valence-electron chi connectivity index (χ4n) is 2.47. The first-order chi connectivity index (χ1) is 12.6. The number of nitrogens with one attached hydrogen (secondary N) is 2. The van der Waals surface area contributed by atoms with E-state index in [4.69, 9.17) is 11.6 Å². The van der Waals surface area contributed by atoms with Crippen LogP contribution >= 0.6 is 35.6 Å². The molecular weight excluding hydrogens is 475 g/mol. The topological polar surface area (TPSA) is 56.7 Å². The summed E-state index contributed by atoms with van der Waals surface area (Å²) in [6.45, 7) is 4.50. The standard InChI is InChI=1S/C20H25ClN4O.HI/c1-3-22-20(25(2)15-16-9-5-4-6-10-16)24-14-13-23-19(26)17-11-7-8-12-18(17)21;/h4-12H,3,13-15H2,1-2H3,(H,22,24)(H,23,26);1H. The van der Waals surface area contributed by atoms with Crippen LogP contribution in [0.5, 0.6) is 0 Å². The van der Waals surface area contributed by atoms with Gasteiger partial charge in [0.15, 0.2) is 5.96 Å². The molecule has 0 fully saturated rings. The molecule has 2 rings (SSSR count). The van der Waals surface area contributed by atoms with Gasteiger partial charge in [0.25, 0.3) is 5.91 Å². The molecule has 1 amide bonds. The Bertz CT molecular complexity index is 740. The van der Waals surface area contributed by atoms with E-state index in [1.165, 1.54) is 5.56 Å². The van der Waals surface area contributed by atoms with Gasteiger partial charge in [-0.15, -0.1) is 24.0 Å². The zero-order valence-corrected chi connectivity index (χ0v) is 18.7. The largest absolute Gasteiger partial charge is 0.357 e. The molecule has 0 saturated heterocycles. The molecule has 0 heterocycles. The summed E-state index contributed by atoms with van der Waals surface area (Å²) in [5, 5.41) is 6.57. The Morgan fingerprint density at radius 2 is 1.74 bits per heavy atom. The predicted octanol–water partition coefficient (Wildman–Crippen LogP) is 3.79. The molecule has 2 aromatic rings. The van der Waals surface area contributed by atoms with Crippen molar-refractivity contribution in [3.05, 3.63) is 70.7 Å². The molecule has 146 valence electrons. The highest BCUT2D eigenvalue weighted by atomic mass is 127. The van der Waals surface area contributed by atoms with E-state index in [-0.39, 0.29) is 29.9 Å². The third-order valence-electron chi connectivity index (χ3n) is 3.74. The maximum absolute atomic E-state index is 12.1. The first kappa shape index (κ1) is 23.2. The number of halogens is 2. The van der Waals surface area contributed by atoms with Crippen molar-refractivity contribution in [2.45, 2.75) is 13.5 Å². The molecule has 0 aliphatic carbocycles. The van der Waals surface area contributed by atoms with E-state index in [2.05, 4.69) is 32.7 Å². The van der Waals surface area contributed by atoms with E-state index in [0.717, 1.165) is 19.0 Å². The number of carbonyl (C=O) groups is 1. The van der Waals surface area contributed by atoms with Crippen LogP contribution in [0.2, 0.25) is 5.02 Å². The highest BCUT2D eigenvalue weighted by Crippen LogP contribution is 2.14. The Labute approximate surface area is 183 Å². The predicted molar refractivity (Wildman–Crippen MR) is 123 cm³/mol. The van der Waals surface area contributed by atoms with Crippen molar-refractivity contribution in [1.29, 1.82) is 0 Å².